The second-order valence-corrected chi connectivity index (χ2v) is 7.59. The Labute approximate surface area is 162 Å². The van der Waals surface area contributed by atoms with Gasteiger partial charge in [0.1, 0.15) is 5.75 Å². The highest BCUT2D eigenvalue weighted by atomic mass is 16.5. The standard InChI is InChI=1S/C20H25N5O3/c1-13(2)12-25-18(26)16-17(22(3)20(25)27)21-19-23(10-5-11-24(16)19)14-6-8-15(28-4)9-7-14/h6-9,13H,5,10-12H2,1-4H3. The molecule has 3 aromatic rings. The maximum atomic E-state index is 13.2. The van der Waals surface area contributed by atoms with Crippen molar-refractivity contribution in [3.63, 3.8) is 0 Å². The number of aromatic nitrogens is 4. The van der Waals surface area contributed by atoms with Crippen molar-refractivity contribution >= 4 is 22.8 Å². The molecule has 1 aromatic carbocycles. The van der Waals surface area contributed by atoms with E-state index in [1.165, 1.54) is 9.13 Å². The average molecular weight is 383 g/mol. The van der Waals surface area contributed by atoms with E-state index in [4.69, 9.17) is 9.72 Å². The minimum atomic E-state index is -0.322. The van der Waals surface area contributed by atoms with Gasteiger partial charge in [-0.2, -0.15) is 4.98 Å². The zero-order chi connectivity index (χ0) is 20.0. The largest absolute Gasteiger partial charge is 0.497 e. The number of nitrogens with zero attached hydrogens (tertiary/aromatic N) is 5. The molecule has 0 unspecified atom stereocenters. The Bertz CT molecular complexity index is 1140. The fraction of sp³-hybridized carbons (Fsp3) is 0.450. The second-order valence-electron chi connectivity index (χ2n) is 7.59. The van der Waals surface area contributed by atoms with Crippen LogP contribution in [0.2, 0.25) is 0 Å². The third kappa shape index (κ3) is 2.80. The van der Waals surface area contributed by atoms with Gasteiger partial charge in [0, 0.05) is 32.4 Å². The van der Waals surface area contributed by atoms with Gasteiger partial charge < -0.3 is 14.2 Å². The van der Waals surface area contributed by atoms with E-state index in [-0.39, 0.29) is 17.2 Å². The van der Waals surface area contributed by atoms with Crippen molar-refractivity contribution in [1.29, 1.82) is 0 Å². The Morgan fingerprint density at radius 1 is 1.14 bits per heavy atom. The van der Waals surface area contributed by atoms with Gasteiger partial charge in [-0.25, -0.2) is 4.79 Å². The highest BCUT2D eigenvalue weighted by Crippen LogP contribution is 2.31. The van der Waals surface area contributed by atoms with E-state index in [2.05, 4.69) is 4.90 Å². The molecule has 0 atom stereocenters. The molecule has 0 spiro atoms. The first-order valence-electron chi connectivity index (χ1n) is 9.54. The molecule has 0 bridgehead atoms. The first kappa shape index (κ1) is 18.3. The lowest BCUT2D eigenvalue weighted by molar-refractivity contribution is 0.415. The molecule has 0 saturated heterocycles. The predicted octanol–water partition coefficient (Wildman–Crippen LogP) is 2.10. The molecule has 1 aliphatic heterocycles. The summed E-state index contributed by atoms with van der Waals surface area (Å²) in [7, 11) is 3.32. The molecule has 148 valence electrons. The van der Waals surface area contributed by atoms with E-state index in [1.807, 2.05) is 42.7 Å². The molecule has 8 heteroatoms. The van der Waals surface area contributed by atoms with Crippen LogP contribution in [0, 0.1) is 5.92 Å². The van der Waals surface area contributed by atoms with Crippen LogP contribution in [0.3, 0.4) is 0 Å². The third-order valence-electron chi connectivity index (χ3n) is 5.15. The van der Waals surface area contributed by atoms with Crippen LogP contribution in [0.15, 0.2) is 33.9 Å². The average Bonchev–Trinajstić information content (AvgIpc) is 3.09. The lowest BCUT2D eigenvalue weighted by Crippen LogP contribution is -2.40. The maximum absolute atomic E-state index is 13.2. The molecule has 0 radical (unpaired) electrons. The number of anilines is 2. The lowest BCUT2D eigenvalue weighted by Gasteiger charge is -2.29. The van der Waals surface area contributed by atoms with Gasteiger partial charge in [0.05, 0.1) is 7.11 Å². The van der Waals surface area contributed by atoms with Gasteiger partial charge in [0.2, 0.25) is 5.95 Å². The summed E-state index contributed by atoms with van der Waals surface area (Å²) in [6.45, 7) is 5.88. The van der Waals surface area contributed by atoms with Crippen LogP contribution in [-0.4, -0.2) is 32.3 Å². The minimum Gasteiger partial charge on any atom is -0.497 e. The second kappa shape index (κ2) is 6.85. The molecule has 2 aromatic heterocycles. The van der Waals surface area contributed by atoms with Crippen LogP contribution in [0.4, 0.5) is 11.6 Å². The number of ether oxygens (including phenoxy) is 1. The molecule has 0 saturated carbocycles. The number of imidazole rings is 1. The Morgan fingerprint density at radius 2 is 1.86 bits per heavy atom. The number of fused-ring (bicyclic) bond motifs is 3. The molecule has 28 heavy (non-hydrogen) atoms. The first-order chi connectivity index (χ1) is 13.4. The van der Waals surface area contributed by atoms with Crippen molar-refractivity contribution < 1.29 is 4.74 Å². The fourth-order valence-corrected chi connectivity index (χ4v) is 3.80. The molecular weight excluding hydrogens is 358 g/mol. The van der Waals surface area contributed by atoms with Crippen molar-refractivity contribution in [1.82, 2.24) is 18.7 Å². The Kier molecular flexibility index (Phi) is 4.49. The summed E-state index contributed by atoms with van der Waals surface area (Å²) in [5.41, 5.74) is 1.32. The van der Waals surface area contributed by atoms with Gasteiger partial charge in [-0.05, 0) is 36.6 Å². The molecule has 3 heterocycles. The number of hydrogen-bond acceptors (Lipinski definition) is 5. The van der Waals surface area contributed by atoms with Crippen LogP contribution < -0.4 is 20.9 Å². The van der Waals surface area contributed by atoms with Gasteiger partial charge in [-0.3, -0.25) is 13.9 Å². The smallest absolute Gasteiger partial charge is 0.332 e. The van der Waals surface area contributed by atoms with Crippen molar-refractivity contribution in [2.75, 3.05) is 18.6 Å². The number of aryl methyl sites for hydroxylation is 2. The SMILES string of the molecule is COc1ccc(N2CCCn3c2nc2c3c(=O)n(CC(C)C)c(=O)n2C)cc1. The zero-order valence-corrected chi connectivity index (χ0v) is 16.7. The van der Waals surface area contributed by atoms with E-state index < -0.39 is 0 Å². The van der Waals surface area contributed by atoms with Crippen LogP contribution in [-0.2, 0) is 20.1 Å². The zero-order valence-electron chi connectivity index (χ0n) is 16.7. The van der Waals surface area contributed by atoms with E-state index in [0.29, 0.717) is 30.2 Å². The molecular formula is C20H25N5O3. The van der Waals surface area contributed by atoms with Crippen molar-refractivity contribution in [3.8, 4) is 5.75 Å². The van der Waals surface area contributed by atoms with Gasteiger partial charge in [0.25, 0.3) is 5.56 Å². The van der Waals surface area contributed by atoms with Crippen molar-refractivity contribution in [2.45, 2.75) is 33.4 Å². The van der Waals surface area contributed by atoms with E-state index in [1.54, 1.807) is 14.2 Å². The van der Waals surface area contributed by atoms with Crippen LogP contribution in [0.25, 0.3) is 11.2 Å². The molecule has 1 aliphatic rings. The summed E-state index contributed by atoms with van der Waals surface area (Å²) in [6, 6.07) is 7.76. The minimum absolute atomic E-state index is 0.197. The van der Waals surface area contributed by atoms with Crippen molar-refractivity contribution in [3.05, 3.63) is 45.1 Å². The molecule has 0 fully saturated rings. The van der Waals surface area contributed by atoms with Gasteiger partial charge in [-0.15, -0.1) is 0 Å². The highest BCUT2D eigenvalue weighted by molar-refractivity contribution is 5.77. The fourth-order valence-electron chi connectivity index (χ4n) is 3.80. The molecule has 0 N–H and O–H groups in total. The number of benzene rings is 1. The summed E-state index contributed by atoms with van der Waals surface area (Å²) < 4.78 is 10.00. The van der Waals surface area contributed by atoms with E-state index in [0.717, 1.165) is 24.4 Å². The Hall–Kier alpha value is -3.03. The molecule has 0 aliphatic carbocycles. The maximum Gasteiger partial charge on any atom is 0.332 e. The monoisotopic (exact) mass is 383 g/mol. The van der Waals surface area contributed by atoms with Gasteiger partial charge in [0.15, 0.2) is 11.2 Å². The highest BCUT2D eigenvalue weighted by Gasteiger charge is 2.27. The van der Waals surface area contributed by atoms with Gasteiger partial charge in [-0.1, -0.05) is 13.8 Å². The van der Waals surface area contributed by atoms with Crippen LogP contribution in [0.1, 0.15) is 20.3 Å². The lowest BCUT2D eigenvalue weighted by atomic mass is 10.2. The first-order valence-corrected chi connectivity index (χ1v) is 9.54. The van der Waals surface area contributed by atoms with Gasteiger partial charge >= 0.3 is 5.69 Å². The summed E-state index contributed by atoms with van der Waals surface area (Å²) >= 11 is 0. The number of rotatable bonds is 4. The predicted molar refractivity (Wildman–Crippen MR) is 109 cm³/mol. The van der Waals surface area contributed by atoms with E-state index in [9.17, 15) is 9.59 Å². The van der Waals surface area contributed by atoms with Crippen LogP contribution >= 0.6 is 0 Å². The van der Waals surface area contributed by atoms with Crippen molar-refractivity contribution in [2.24, 2.45) is 13.0 Å². The number of hydrogen-bond donors (Lipinski definition) is 0. The quantitative estimate of drug-likeness (QED) is 0.690. The number of methoxy groups -OCH3 is 1. The topological polar surface area (TPSA) is 74.3 Å². The Morgan fingerprint density at radius 3 is 2.50 bits per heavy atom. The normalized spacial score (nSPS) is 14.0. The molecule has 0 amide bonds. The third-order valence-corrected chi connectivity index (χ3v) is 5.15. The van der Waals surface area contributed by atoms with Crippen LogP contribution in [0.5, 0.6) is 5.75 Å². The summed E-state index contributed by atoms with van der Waals surface area (Å²) in [6.07, 6.45) is 0.886. The Balaban J connectivity index is 1.92. The molecule has 8 nitrogen and oxygen atoms in total. The summed E-state index contributed by atoms with van der Waals surface area (Å²) in [4.78, 5) is 32.7. The van der Waals surface area contributed by atoms with E-state index >= 15 is 0 Å². The summed E-state index contributed by atoms with van der Waals surface area (Å²) in [5.74, 6) is 1.68. The molecule has 4 rings (SSSR count). The summed E-state index contributed by atoms with van der Waals surface area (Å²) in [5, 5.41) is 0.